The molecule has 0 aliphatic heterocycles. The lowest BCUT2D eigenvalue weighted by atomic mass is 10.1. The van der Waals surface area contributed by atoms with E-state index >= 15 is 0 Å². The average molecular weight is 340 g/mol. The summed E-state index contributed by atoms with van der Waals surface area (Å²) in [7, 11) is 1.31. The van der Waals surface area contributed by atoms with Gasteiger partial charge in [-0.2, -0.15) is 0 Å². The highest BCUT2D eigenvalue weighted by atomic mass is 16.5. The Morgan fingerprint density at radius 2 is 1.56 bits per heavy atom. The molecule has 0 saturated heterocycles. The van der Waals surface area contributed by atoms with Crippen LogP contribution in [-0.4, -0.2) is 31.4 Å². The Bertz CT molecular complexity index is 769. The minimum atomic E-state index is -0.441. The maximum atomic E-state index is 12.3. The molecule has 0 bridgehead atoms. The molecule has 6 heteroatoms. The Hall–Kier alpha value is -3.15. The van der Waals surface area contributed by atoms with E-state index in [2.05, 4.69) is 15.4 Å². The summed E-state index contributed by atoms with van der Waals surface area (Å²) in [5.41, 5.74) is 1.75. The van der Waals surface area contributed by atoms with Crippen molar-refractivity contribution < 1.29 is 19.1 Å². The number of rotatable bonds is 6. The lowest BCUT2D eigenvalue weighted by Crippen LogP contribution is -2.24. The van der Waals surface area contributed by atoms with E-state index in [4.69, 9.17) is 0 Å². The Morgan fingerprint density at radius 1 is 0.920 bits per heavy atom. The second-order valence-electron chi connectivity index (χ2n) is 5.36. The SMILES string of the molecule is CCCNC(=O)c1cccc(C(=O)Nc2ccc(C(=O)OC)cc2)c1. The van der Waals surface area contributed by atoms with Gasteiger partial charge in [-0.25, -0.2) is 4.79 Å². The molecule has 2 amide bonds. The molecule has 6 nitrogen and oxygen atoms in total. The van der Waals surface area contributed by atoms with Crippen molar-refractivity contribution in [2.75, 3.05) is 19.0 Å². The van der Waals surface area contributed by atoms with Gasteiger partial charge in [0, 0.05) is 23.4 Å². The van der Waals surface area contributed by atoms with Crippen molar-refractivity contribution in [1.29, 1.82) is 0 Å². The standard InChI is InChI=1S/C19H20N2O4/c1-3-11-20-17(22)14-5-4-6-15(12-14)18(23)21-16-9-7-13(8-10-16)19(24)25-2/h4-10,12H,3,11H2,1-2H3,(H,20,22)(H,21,23). The molecule has 2 rings (SSSR count). The van der Waals surface area contributed by atoms with Crippen molar-refractivity contribution in [3.8, 4) is 0 Å². The number of ether oxygens (including phenoxy) is 1. The third kappa shape index (κ3) is 4.91. The van der Waals surface area contributed by atoms with E-state index in [1.807, 2.05) is 6.92 Å². The lowest BCUT2D eigenvalue weighted by Gasteiger charge is -2.08. The molecule has 0 unspecified atom stereocenters. The normalized spacial score (nSPS) is 10.0. The van der Waals surface area contributed by atoms with Crippen LogP contribution >= 0.6 is 0 Å². The maximum absolute atomic E-state index is 12.3. The Morgan fingerprint density at radius 3 is 2.16 bits per heavy atom. The number of carbonyl (C=O) groups is 3. The zero-order valence-electron chi connectivity index (χ0n) is 14.2. The van der Waals surface area contributed by atoms with Crippen LogP contribution in [0.5, 0.6) is 0 Å². The van der Waals surface area contributed by atoms with E-state index in [1.54, 1.807) is 48.5 Å². The zero-order chi connectivity index (χ0) is 18.2. The van der Waals surface area contributed by atoms with E-state index in [0.29, 0.717) is 28.9 Å². The third-order valence-corrected chi connectivity index (χ3v) is 3.49. The largest absolute Gasteiger partial charge is 0.465 e. The molecule has 0 spiro atoms. The molecule has 0 atom stereocenters. The molecule has 0 aliphatic carbocycles. The first-order valence-corrected chi connectivity index (χ1v) is 7.93. The topological polar surface area (TPSA) is 84.5 Å². The van der Waals surface area contributed by atoms with E-state index in [9.17, 15) is 14.4 Å². The van der Waals surface area contributed by atoms with Gasteiger partial charge in [-0.1, -0.05) is 13.0 Å². The first-order valence-electron chi connectivity index (χ1n) is 7.93. The minimum absolute atomic E-state index is 0.209. The van der Waals surface area contributed by atoms with E-state index in [1.165, 1.54) is 7.11 Å². The van der Waals surface area contributed by atoms with E-state index in [-0.39, 0.29) is 11.8 Å². The highest BCUT2D eigenvalue weighted by Gasteiger charge is 2.11. The zero-order valence-corrected chi connectivity index (χ0v) is 14.2. The van der Waals surface area contributed by atoms with Gasteiger partial charge < -0.3 is 15.4 Å². The molecule has 0 heterocycles. The van der Waals surface area contributed by atoms with Crippen LogP contribution in [0, 0.1) is 0 Å². The summed E-state index contributed by atoms with van der Waals surface area (Å²) in [5.74, 6) is -0.987. The van der Waals surface area contributed by atoms with Crippen LogP contribution < -0.4 is 10.6 Å². The fraction of sp³-hybridized carbons (Fsp3) is 0.211. The minimum Gasteiger partial charge on any atom is -0.465 e. The smallest absolute Gasteiger partial charge is 0.337 e. The predicted octanol–water partition coefficient (Wildman–Crippen LogP) is 2.87. The predicted molar refractivity (Wildman–Crippen MR) is 94.8 cm³/mol. The molecule has 0 aliphatic rings. The van der Waals surface area contributed by atoms with Crippen LogP contribution in [0.1, 0.15) is 44.4 Å². The van der Waals surface area contributed by atoms with Gasteiger partial charge in [0.2, 0.25) is 0 Å². The van der Waals surface area contributed by atoms with Crippen LogP contribution in [0.4, 0.5) is 5.69 Å². The van der Waals surface area contributed by atoms with Crippen molar-refractivity contribution >= 4 is 23.5 Å². The Kier molecular flexibility index (Phi) is 6.28. The molecule has 2 aromatic carbocycles. The number of amides is 2. The lowest BCUT2D eigenvalue weighted by molar-refractivity contribution is 0.0600. The first kappa shape index (κ1) is 18.2. The highest BCUT2D eigenvalue weighted by Crippen LogP contribution is 2.13. The van der Waals surface area contributed by atoms with E-state index < -0.39 is 5.97 Å². The second kappa shape index (κ2) is 8.63. The number of esters is 1. The van der Waals surface area contributed by atoms with Crippen LogP contribution in [0.15, 0.2) is 48.5 Å². The molecule has 0 fully saturated rings. The van der Waals surface area contributed by atoms with Gasteiger partial charge in [-0.05, 0) is 48.9 Å². The van der Waals surface area contributed by atoms with Crippen molar-refractivity contribution in [3.63, 3.8) is 0 Å². The highest BCUT2D eigenvalue weighted by molar-refractivity contribution is 6.06. The summed E-state index contributed by atoms with van der Waals surface area (Å²) in [5, 5.41) is 5.50. The van der Waals surface area contributed by atoms with Crippen LogP contribution in [0.25, 0.3) is 0 Å². The van der Waals surface area contributed by atoms with Crippen molar-refractivity contribution in [2.24, 2.45) is 0 Å². The molecular formula is C19H20N2O4. The quantitative estimate of drug-likeness (QED) is 0.792. The van der Waals surface area contributed by atoms with Gasteiger partial charge in [0.1, 0.15) is 0 Å². The summed E-state index contributed by atoms with van der Waals surface area (Å²) in [6.07, 6.45) is 0.841. The van der Waals surface area contributed by atoms with Crippen molar-refractivity contribution in [3.05, 3.63) is 65.2 Å². The summed E-state index contributed by atoms with van der Waals surface area (Å²) in [4.78, 5) is 35.7. The molecule has 0 saturated carbocycles. The Labute approximate surface area is 146 Å². The summed E-state index contributed by atoms with van der Waals surface area (Å²) < 4.78 is 4.63. The summed E-state index contributed by atoms with van der Waals surface area (Å²) in [6.45, 7) is 2.55. The number of nitrogens with one attached hydrogen (secondary N) is 2. The third-order valence-electron chi connectivity index (χ3n) is 3.49. The molecule has 130 valence electrons. The van der Waals surface area contributed by atoms with Crippen LogP contribution in [-0.2, 0) is 4.74 Å². The molecule has 0 aromatic heterocycles. The fourth-order valence-corrected chi connectivity index (χ4v) is 2.15. The van der Waals surface area contributed by atoms with Crippen LogP contribution in [0.2, 0.25) is 0 Å². The molecular weight excluding hydrogens is 320 g/mol. The molecule has 2 N–H and O–H groups in total. The average Bonchev–Trinajstić information content (AvgIpc) is 2.66. The number of hydrogen-bond donors (Lipinski definition) is 2. The number of carbonyl (C=O) groups excluding carboxylic acids is 3. The molecule has 0 radical (unpaired) electrons. The van der Waals surface area contributed by atoms with Gasteiger partial charge in [0.15, 0.2) is 0 Å². The fourth-order valence-electron chi connectivity index (χ4n) is 2.15. The summed E-state index contributed by atoms with van der Waals surface area (Å²) in [6, 6.07) is 12.9. The van der Waals surface area contributed by atoms with Crippen molar-refractivity contribution in [1.82, 2.24) is 5.32 Å². The van der Waals surface area contributed by atoms with Gasteiger partial charge in [0.05, 0.1) is 12.7 Å². The van der Waals surface area contributed by atoms with E-state index in [0.717, 1.165) is 6.42 Å². The first-order chi connectivity index (χ1) is 12.0. The van der Waals surface area contributed by atoms with Gasteiger partial charge in [-0.3, -0.25) is 9.59 Å². The number of benzene rings is 2. The second-order valence-corrected chi connectivity index (χ2v) is 5.36. The monoisotopic (exact) mass is 340 g/mol. The van der Waals surface area contributed by atoms with Gasteiger partial charge in [0.25, 0.3) is 11.8 Å². The van der Waals surface area contributed by atoms with Gasteiger partial charge >= 0.3 is 5.97 Å². The number of methoxy groups -OCH3 is 1. The van der Waals surface area contributed by atoms with Crippen molar-refractivity contribution in [2.45, 2.75) is 13.3 Å². The summed E-state index contributed by atoms with van der Waals surface area (Å²) >= 11 is 0. The Balaban J connectivity index is 2.08. The van der Waals surface area contributed by atoms with Gasteiger partial charge in [-0.15, -0.1) is 0 Å². The number of hydrogen-bond acceptors (Lipinski definition) is 4. The number of anilines is 1. The molecule has 2 aromatic rings. The van der Waals surface area contributed by atoms with Crippen LogP contribution in [0.3, 0.4) is 0 Å². The maximum Gasteiger partial charge on any atom is 0.337 e. The molecule has 25 heavy (non-hydrogen) atoms.